The summed E-state index contributed by atoms with van der Waals surface area (Å²) < 4.78 is 19.4. The van der Waals surface area contributed by atoms with E-state index in [1.54, 1.807) is 13.0 Å². The highest BCUT2D eigenvalue weighted by molar-refractivity contribution is 7.16. The molecular weight excluding hydrogens is 315 g/mol. The third-order valence-corrected chi connectivity index (χ3v) is 3.95. The number of thiophene rings is 1. The van der Waals surface area contributed by atoms with Gasteiger partial charge in [0.2, 0.25) is 0 Å². The van der Waals surface area contributed by atoms with Gasteiger partial charge in [0.25, 0.3) is 0 Å². The van der Waals surface area contributed by atoms with E-state index in [1.807, 2.05) is 6.07 Å². The highest BCUT2D eigenvalue weighted by Crippen LogP contribution is 2.26. The Kier molecular flexibility index (Phi) is 5.03. The minimum atomic E-state index is -0.572. The van der Waals surface area contributed by atoms with Crippen LogP contribution in [0.3, 0.4) is 0 Å². The fourth-order valence-corrected chi connectivity index (χ4v) is 2.77. The van der Waals surface area contributed by atoms with Gasteiger partial charge in [0.15, 0.2) is 0 Å². The summed E-state index contributed by atoms with van der Waals surface area (Å²) in [4.78, 5) is 12.7. The molecule has 4 nitrogen and oxygen atoms in total. The maximum absolute atomic E-state index is 13.9. The van der Waals surface area contributed by atoms with Crippen molar-refractivity contribution in [1.29, 1.82) is 0 Å². The van der Waals surface area contributed by atoms with Gasteiger partial charge in [-0.1, -0.05) is 11.6 Å². The molecule has 0 saturated carbocycles. The second-order valence-corrected chi connectivity index (χ2v) is 6.00. The molecular formula is C14H14ClFN2O2S. The normalized spacial score (nSPS) is 10.4. The molecule has 1 aromatic heterocycles. The number of ether oxygens (including phenoxy) is 1. The Bertz CT molecular complexity index is 660. The summed E-state index contributed by atoms with van der Waals surface area (Å²) in [6, 6.07) is 6.09. The van der Waals surface area contributed by atoms with Crippen molar-refractivity contribution in [3.05, 3.63) is 44.9 Å². The number of nitrogens with one attached hydrogen (secondary N) is 1. The number of halogens is 2. The monoisotopic (exact) mass is 328 g/mol. The zero-order valence-electron chi connectivity index (χ0n) is 11.3. The number of benzene rings is 1. The predicted molar refractivity (Wildman–Crippen MR) is 83.4 cm³/mol. The predicted octanol–water partition coefficient (Wildman–Crippen LogP) is 3.91. The second-order valence-electron chi connectivity index (χ2n) is 4.20. The third-order valence-electron chi connectivity index (χ3n) is 2.72. The molecule has 1 aromatic carbocycles. The van der Waals surface area contributed by atoms with Crippen LogP contribution in [-0.4, -0.2) is 12.6 Å². The first-order valence-corrected chi connectivity index (χ1v) is 7.45. The fourth-order valence-electron chi connectivity index (χ4n) is 1.74. The minimum Gasteiger partial charge on any atom is -0.462 e. The zero-order valence-corrected chi connectivity index (χ0v) is 12.9. The number of hydrogen-bond donors (Lipinski definition) is 2. The lowest BCUT2D eigenvalue weighted by Gasteiger charge is -2.11. The van der Waals surface area contributed by atoms with Crippen molar-refractivity contribution in [1.82, 2.24) is 0 Å². The van der Waals surface area contributed by atoms with Crippen molar-refractivity contribution in [2.24, 2.45) is 0 Å². The zero-order chi connectivity index (χ0) is 15.4. The van der Waals surface area contributed by atoms with Crippen molar-refractivity contribution >= 4 is 40.3 Å². The molecule has 0 aliphatic carbocycles. The van der Waals surface area contributed by atoms with E-state index in [2.05, 4.69) is 5.32 Å². The van der Waals surface area contributed by atoms with Crippen LogP contribution in [0.15, 0.2) is 24.3 Å². The van der Waals surface area contributed by atoms with E-state index in [-0.39, 0.29) is 23.5 Å². The van der Waals surface area contributed by atoms with E-state index in [0.717, 1.165) is 10.9 Å². The lowest BCUT2D eigenvalue weighted by molar-refractivity contribution is 0.0527. The Balaban J connectivity index is 2.18. The molecule has 2 rings (SSSR count). The molecule has 0 aliphatic rings. The molecule has 0 fully saturated rings. The number of carbonyl (C=O) groups excluding carboxylic acids is 1. The third kappa shape index (κ3) is 3.86. The number of esters is 1. The average Bonchev–Trinajstić information content (AvgIpc) is 2.83. The van der Waals surface area contributed by atoms with Crippen LogP contribution in [0.25, 0.3) is 0 Å². The van der Waals surface area contributed by atoms with Crippen molar-refractivity contribution < 1.29 is 13.9 Å². The highest BCUT2D eigenvalue weighted by Gasteiger charge is 2.15. The van der Waals surface area contributed by atoms with Crippen LogP contribution in [-0.2, 0) is 11.3 Å². The van der Waals surface area contributed by atoms with Crippen molar-refractivity contribution in [2.75, 3.05) is 17.7 Å². The lowest BCUT2D eigenvalue weighted by Crippen LogP contribution is -2.10. The molecule has 0 saturated heterocycles. The number of nitrogen functional groups attached to an aromatic ring is 1. The summed E-state index contributed by atoms with van der Waals surface area (Å²) in [6.45, 7) is 2.32. The Morgan fingerprint density at radius 3 is 2.86 bits per heavy atom. The van der Waals surface area contributed by atoms with Crippen molar-refractivity contribution in [3.63, 3.8) is 0 Å². The van der Waals surface area contributed by atoms with Gasteiger partial charge in [-0.05, 0) is 31.2 Å². The molecule has 0 atom stereocenters. The van der Waals surface area contributed by atoms with Gasteiger partial charge >= 0.3 is 5.97 Å². The van der Waals surface area contributed by atoms with Gasteiger partial charge < -0.3 is 15.8 Å². The molecule has 2 aromatic rings. The van der Waals surface area contributed by atoms with E-state index < -0.39 is 11.8 Å². The molecule has 1 heterocycles. The molecule has 7 heteroatoms. The van der Waals surface area contributed by atoms with Crippen LogP contribution >= 0.6 is 22.9 Å². The summed E-state index contributed by atoms with van der Waals surface area (Å²) in [5.74, 6) is -1.10. The van der Waals surface area contributed by atoms with Crippen LogP contribution < -0.4 is 11.1 Å². The molecule has 21 heavy (non-hydrogen) atoms. The second kappa shape index (κ2) is 6.78. The van der Waals surface area contributed by atoms with Crippen LogP contribution in [0.5, 0.6) is 0 Å². The summed E-state index contributed by atoms with van der Waals surface area (Å²) in [7, 11) is 0. The Morgan fingerprint density at radius 1 is 1.48 bits per heavy atom. The Morgan fingerprint density at radius 2 is 2.24 bits per heavy atom. The molecule has 0 amide bonds. The van der Waals surface area contributed by atoms with Gasteiger partial charge in [0.05, 0.1) is 22.2 Å². The first-order chi connectivity index (χ1) is 10.0. The maximum atomic E-state index is 13.9. The molecule has 0 radical (unpaired) electrons. The van der Waals surface area contributed by atoms with Gasteiger partial charge in [-0.3, -0.25) is 0 Å². The lowest BCUT2D eigenvalue weighted by atomic mass is 10.1. The van der Waals surface area contributed by atoms with Gasteiger partial charge in [-0.15, -0.1) is 11.3 Å². The van der Waals surface area contributed by atoms with E-state index >= 15 is 0 Å². The van der Waals surface area contributed by atoms with Gasteiger partial charge in [-0.2, -0.15) is 0 Å². The van der Waals surface area contributed by atoms with Gasteiger partial charge in [-0.25, -0.2) is 9.18 Å². The SMILES string of the molecule is CCOC(=O)c1cc(NCc2ccc(Cl)s2)c(F)cc1N. The minimum absolute atomic E-state index is 0.0515. The first-order valence-electron chi connectivity index (χ1n) is 6.25. The molecule has 3 N–H and O–H groups in total. The quantitative estimate of drug-likeness (QED) is 0.645. The highest BCUT2D eigenvalue weighted by atomic mass is 35.5. The van der Waals surface area contributed by atoms with Crippen LogP contribution in [0.4, 0.5) is 15.8 Å². The summed E-state index contributed by atoms with van der Waals surface area (Å²) in [6.07, 6.45) is 0. The molecule has 112 valence electrons. The van der Waals surface area contributed by atoms with Crippen molar-refractivity contribution in [3.8, 4) is 0 Å². The first kappa shape index (κ1) is 15.6. The van der Waals surface area contributed by atoms with E-state index in [1.165, 1.54) is 17.4 Å². The van der Waals surface area contributed by atoms with E-state index in [0.29, 0.717) is 10.9 Å². The van der Waals surface area contributed by atoms with Crippen LogP contribution in [0, 0.1) is 5.82 Å². The molecule has 0 aliphatic heterocycles. The topological polar surface area (TPSA) is 64.3 Å². The summed E-state index contributed by atoms with van der Waals surface area (Å²) in [5, 5.41) is 2.92. The fraction of sp³-hybridized carbons (Fsp3) is 0.214. The van der Waals surface area contributed by atoms with E-state index in [4.69, 9.17) is 22.1 Å². The van der Waals surface area contributed by atoms with Crippen LogP contribution in [0.1, 0.15) is 22.2 Å². The van der Waals surface area contributed by atoms with E-state index in [9.17, 15) is 9.18 Å². The van der Waals surface area contributed by atoms with Gasteiger partial charge in [0, 0.05) is 17.1 Å². The number of anilines is 2. The molecule has 0 unspecified atom stereocenters. The smallest absolute Gasteiger partial charge is 0.340 e. The maximum Gasteiger partial charge on any atom is 0.340 e. The average molecular weight is 329 g/mol. The summed E-state index contributed by atoms with van der Waals surface area (Å²) >= 11 is 7.23. The number of hydrogen-bond acceptors (Lipinski definition) is 5. The number of rotatable bonds is 5. The Labute approximate surface area is 130 Å². The molecule has 0 spiro atoms. The van der Waals surface area contributed by atoms with Crippen molar-refractivity contribution in [2.45, 2.75) is 13.5 Å². The largest absolute Gasteiger partial charge is 0.462 e. The van der Waals surface area contributed by atoms with Gasteiger partial charge in [0.1, 0.15) is 5.82 Å². The van der Waals surface area contributed by atoms with Crippen LogP contribution in [0.2, 0.25) is 4.34 Å². The summed E-state index contributed by atoms with van der Waals surface area (Å²) in [5.41, 5.74) is 6.03. The standard InChI is InChI=1S/C14H14ClFN2O2S/c1-2-20-14(19)9-5-12(10(16)6-11(9)17)18-7-8-3-4-13(15)21-8/h3-6,18H,2,7,17H2,1H3. The number of carbonyl (C=O) groups is 1. The number of nitrogens with two attached hydrogens (primary N) is 1. The molecule has 0 bridgehead atoms. The Hall–Kier alpha value is -1.79.